The van der Waals surface area contributed by atoms with Crippen LogP contribution in [0.15, 0.2) is 23.3 Å². The first-order chi connectivity index (χ1) is 12.0. The van der Waals surface area contributed by atoms with Gasteiger partial charge >= 0.3 is 6.18 Å². The van der Waals surface area contributed by atoms with Crippen LogP contribution in [0.25, 0.3) is 0 Å². The molecule has 0 spiro atoms. The summed E-state index contributed by atoms with van der Waals surface area (Å²) in [5.41, 5.74) is 0.719. The van der Waals surface area contributed by atoms with Crippen LogP contribution in [0.4, 0.5) is 13.2 Å². The molecule has 0 aliphatic carbocycles. The number of sulfone groups is 1. The molecule has 7 nitrogen and oxygen atoms in total. The van der Waals surface area contributed by atoms with E-state index in [1.54, 1.807) is 13.1 Å². The Morgan fingerprint density at radius 1 is 1.37 bits per heavy atom. The number of hydrogen-bond donors (Lipinski definition) is 2. The Morgan fingerprint density at radius 2 is 2.04 bits per heavy atom. The van der Waals surface area contributed by atoms with Gasteiger partial charge in [0.05, 0.1) is 5.75 Å². The lowest BCUT2D eigenvalue weighted by atomic mass is 10.2. The number of ether oxygens (including phenoxy) is 1. The molecule has 1 heterocycles. The number of rotatable bonds is 8. The first-order valence-corrected chi connectivity index (χ1v) is 9.84. The van der Waals surface area contributed by atoms with Crippen LogP contribution in [0.3, 0.4) is 0 Å². The smallest absolute Gasteiger partial charge is 0.422 e. The molecule has 0 aliphatic heterocycles. The van der Waals surface area contributed by atoms with Crippen LogP contribution in [-0.2, 0) is 16.4 Å². The summed E-state index contributed by atoms with van der Waals surface area (Å²) in [4.78, 5) is 7.85. The van der Waals surface area contributed by atoms with Crippen molar-refractivity contribution >= 4 is 39.8 Å². The second-order valence-corrected chi connectivity index (χ2v) is 8.06. The van der Waals surface area contributed by atoms with Crippen LogP contribution in [0.2, 0.25) is 0 Å². The molecule has 0 amide bonds. The van der Waals surface area contributed by atoms with E-state index < -0.39 is 22.6 Å². The Kier molecular flexibility index (Phi) is 11.0. The van der Waals surface area contributed by atoms with Gasteiger partial charge in [0.25, 0.3) is 0 Å². The molecule has 12 heteroatoms. The fraction of sp³-hybridized carbons (Fsp3) is 0.600. The molecule has 1 atom stereocenters. The van der Waals surface area contributed by atoms with Crippen molar-refractivity contribution < 1.29 is 26.3 Å². The average molecular weight is 524 g/mol. The summed E-state index contributed by atoms with van der Waals surface area (Å²) < 4.78 is 63.1. The molecule has 0 saturated heterocycles. The van der Waals surface area contributed by atoms with Crippen LogP contribution in [-0.4, -0.2) is 57.2 Å². The van der Waals surface area contributed by atoms with Crippen LogP contribution in [0.1, 0.15) is 18.9 Å². The second kappa shape index (κ2) is 11.5. The normalized spacial score (nSPS) is 13.5. The molecule has 1 rings (SSSR count). The number of aromatic nitrogens is 1. The van der Waals surface area contributed by atoms with E-state index >= 15 is 0 Å². The number of nitrogens with zero attached hydrogens (tertiary/aromatic N) is 2. The lowest BCUT2D eigenvalue weighted by Crippen LogP contribution is -2.42. The SMILES string of the molecule is CN=C(NCc1ccc(OCC(F)(F)F)nc1)NC(C)CCS(C)(=O)=O.I. The summed E-state index contributed by atoms with van der Waals surface area (Å²) in [5.74, 6) is 0.438. The largest absolute Gasteiger partial charge is 0.468 e. The van der Waals surface area contributed by atoms with Crippen molar-refractivity contribution in [3.63, 3.8) is 0 Å². The van der Waals surface area contributed by atoms with Gasteiger partial charge in [-0.25, -0.2) is 13.4 Å². The quantitative estimate of drug-likeness (QED) is 0.308. The number of guanidine groups is 1. The van der Waals surface area contributed by atoms with E-state index in [2.05, 4.69) is 25.3 Å². The minimum Gasteiger partial charge on any atom is -0.468 e. The molecule has 0 aliphatic rings. The molecule has 27 heavy (non-hydrogen) atoms. The Morgan fingerprint density at radius 3 is 2.52 bits per heavy atom. The number of pyridine rings is 1. The maximum atomic E-state index is 12.1. The second-order valence-electron chi connectivity index (χ2n) is 5.80. The number of hydrogen-bond acceptors (Lipinski definition) is 5. The topological polar surface area (TPSA) is 92.7 Å². The molecule has 2 N–H and O–H groups in total. The van der Waals surface area contributed by atoms with Gasteiger partial charge in [0, 0.05) is 38.2 Å². The summed E-state index contributed by atoms with van der Waals surface area (Å²) in [6, 6.07) is 2.84. The highest BCUT2D eigenvalue weighted by molar-refractivity contribution is 14.0. The van der Waals surface area contributed by atoms with Gasteiger partial charge in [-0.2, -0.15) is 13.2 Å². The standard InChI is InChI=1S/C15H23F3N4O3S.HI/c1-11(6-7-26(3,23)24)22-14(19-2)21-9-12-4-5-13(20-8-12)25-10-15(16,17)18;/h4-5,8,11H,6-7,9-10H2,1-3H3,(H2,19,21,22);1H. The fourth-order valence-corrected chi connectivity index (χ4v) is 2.62. The van der Waals surface area contributed by atoms with Crippen LogP contribution >= 0.6 is 24.0 Å². The van der Waals surface area contributed by atoms with Crippen molar-refractivity contribution in [3.05, 3.63) is 23.9 Å². The van der Waals surface area contributed by atoms with E-state index in [1.165, 1.54) is 18.5 Å². The molecule has 1 unspecified atom stereocenters. The van der Waals surface area contributed by atoms with E-state index in [4.69, 9.17) is 0 Å². The highest BCUT2D eigenvalue weighted by Crippen LogP contribution is 2.16. The van der Waals surface area contributed by atoms with Crippen molar-refractivity contribution in [3.8, 4) is 5.88 Å². The number of aliphatic imine (C=N–C) groups is 1. The number of nitrogens with one attached hydrogen (secondary N) is 2. The fourth-order valence-electron chi connectivity index (χ4n) is 1.83. The highest BCUT2D eigenvalue weighted by atomic mass is 127. The summed E-state index contributed by atoms with van der Waals surface area (Å²) in [6.07, 6.45) is -1.39. The molecule has 0 bridgehead atoms. The van der Waals surface area contributed by atoms with Crippen LogP contribution in [0.5, 0.6) is 5.88 Å². The van der Waals surface area contributed by atoms with Crippen LogP contribution in [0, 0.1) is 0 Å². The monoisotopic (exact) mass is 524 g/mol. The zero-order valence-corrected chi connectivity index (χ0v) is 18.4. The van der Waals surface area contributed by atoms with E-state index in [1.807, 2.05) is 6.92 Å². The third kappa shape index (κ3) is 12.7. The van der Waals surface area contributed by atoms with Crippen molar-refractivity contribution in [1.29, 1.82) is 0 Å². The Bertz CT molecular complexity index is 697. The van der Waals surface area contributed by atoms with Gasteiger partial charge in [0.15, 0.2) is 12.6 Å². The molecule has 1 aromatic heterocycles. The first kappa shape index (κ1) is 25.7. The molecular formula is C15H24F3IN4O3S. The van der Waals surface area contributed by atoms with Crippen molar-refractivity contribution in [2.45, 2.75) is 32.1 Å². The summed E-state index contributed by atoms with van der Waals surface area (Å²) >= 11 is 0. The van der Waals surface area contributed by atoms with Gasteiger partial charge in [-0.1, -0.05) is 6.07 Å². The van der Waals surface area contributed by atoms with Gasteiger partial charge in [-0.15, -0.1) is 24.0 Å². The zero-order valence-electron chi connectivity index (χ0n) is 15.2. The third-order valence-corrected chi connectivity index (χ3v) is 4.15. The number of alkyl halides is 3. The molecular weight excluding hydrogens is 500 g/mol. The van der Waals surface area contributed by atoms with E-state index in [0.717, 1.165) is 5.56 Å². The summed E-state index contributed by atoms with van der Waals surface area (Å²) in [6.45, 7) is 0.789. The van der Waals surface area contributed by atoms with E-state index in [9.17, 15) is 21.6 Å². The van der Waals surface area contributed by atoms with Crippen LogP contribution < -0.4 is 15.4 Å². The van der Waals surface area contributed by atoms with Gasteiger partial charge in [0.1, 0.15) is 9.84 Å². The summed E-state index contributed by atoms with van der Waals surface area (Å²) in [7, 11) is -1.45. The van der Waals surface area contributed by atoms with Crippen molar-refractivity contribution in [2.75, 3.05) is 25.7 Å². The third-order valence-electron chi connectivity index (χ3n) is 3.17. The van der Waals surface area contributed by atoms with Crippen molar-refractivity contribution in [1.82, 2.24) is 15.6 Å². The Balaban J connectivity index is 0.00000676. The van der Waals surface area contributed by atoms with Gasteiger partial charge in [-0.05, 0) is 18.9 Å². The average Bonchev–Trinajstić information content (AvgIpc) is 2.54. The van der Waals surface area contributed by atoms with Gasteiger partial charge in [-0.3, -0.25) is 4.99 Å². The predicted octanol–water partition coefficient (Wildman–Crippen LogP) is 2.13. The maximum Gasteiger partial charge on any atom is 0.422 e. The lowest BCUT2D eigenvalue weighted by Gasteiger charge is -2.17. The maximum absolute atomic E-state index is 12.1. The lowest BCUT2D eigenvalue weighted by molar-refractivity contribution is -0.154. The van der Waals surface area contributed by atoms with Gasteiger partial charge in [0.2, 0.25) is 5.88 Å². The molecule has 1 aromatic rings. The van der Waals surface area contributed by atoms with E-state index in [0.29, 0.717) is 18.9 Å². The Labute approximate surface area is 174 Å². The molecule has 0 fully saturated rings. The number of halogens is 4. The van der Waals surface area contributed by atoms with E-state index in [-0.39, 0.29) is 41.7 Å². The highest BCUT2D eigenvalue weighted by Gasteiger charge is 2.28. The predicted molar refractivity (Wildman–Crippen MR) is 108 cm³/mol. The minimum atomic E-state index is -4.41. The molecule has 0 radical (unpaired) electrons. The minimum absolute atomic E-state index is 0. The van der Waals surface area contributed by atoms with Gasteiger partial charge < -0.3 is 15.4 Å². The molecule has 156 valence electrons. The molecule has 0 saturated carbocycles. The first-order valence-electron chi connectivity index (χ1n) is 7.78. The molecule has 0 aromatic carbocycles. The zero-order chi connectivity index (χ0) is 19.8. The van der Waals surface area contributed by atoms with Crippen molar-refractivity contribution in [2.24, 2.45) is 4.99 Å². The Hall–Kier alpha value is -1.31. The summed E-state index contributed by atoms with van der Waals surface area (Å²) in [5, 5.41) is 6.08.